The van der Waals surface area contributed by atoms with Gasteiger partial charge in [0, 0.05) is 6.54 Å². The molecule has 1 saturated heterocycles. The van der Waals surface area contributed by atoms with Crippen LogP contribution in [0.2, 0.25) is 0 Å². The molecule has 0 aliphatic carbocycles. The van der Waals surface area contributed by atoms with E-state index in [-0.39, 0.29) is 18.6 Å². The Morgan fingerprint density at radius 1 is 1.07 bits per heavy atom. The zero-order valence-electron chi connectivity index (χ0n) is 16.6. The van der Waals surface area contributed by atoms with Gasteiger partial charge in [0.25, 0.3) is 5.91 Å². The van der Waals surface area contributed by atoms with Gasteiger partial charge in [-0.1, -0.05) is 12.8 Å². The van der Waals surface area contributed by atoms with Crippen molar-refractivity contribution >= 4 is 17.2 Å². The fourth-order valence-corrected chi connectivity index (χ4v) is 4.25. The van der Waals surface area contributed by atoms with Crippen LogP contribution in [0, 0.1) is 0 Å². The first-order chi connectivity index (χ1) is 13.8. The minimum Gasteiger partial charge on any atom is -0.494 e. The number of carbonyl (C=O) groups excluding carboxylic acids is 1. The van der Waals surface area contributed by atoms with Crippen molar-refractivity contribution in [2.75, 3.05) is 32.8 Å². The first kappa shape index (κ1) is 20.7. The number of amides is 1. The Hall–Kier alpha value is -2.05. The van der Waals surface area contributed by atoms with E-state index in [9.17, 15) is 4.79 Å². The summed E-state index contributed by atoms with van der Waals surface area (Å²) in [4.78, 5) is 14.9. The smallest absolute Gasteiger partial charge is 0.258 e. The van der Waals surface area contributed by atoms with E-state index in [0.29, 0.717) is 18.9 Å². The Labute approximate surface area is 171 Å². The molecule has 3 rings (SSSR count). The molecule has 0 bridgehead atoms. The van der Waals surface area contributed by atoms with Crippen LogP contribution >= 0.6 is 11.3 Å². The molecule has 152 valence electrons. The van der Waals surface area contributed by atoms with Crippen molar-refractivity contribution in [3.63, 3.8) is 0 Å². The molecule has 2 heterocycles. The molecule has 6 heteroatoms. The fraction of sp³-hybridized carbons (Fsp3) is 0.500. The van der Waals surface area contributed by atoms with Gasteiger partial charge in [0.1, 0.15) is 11.5 Å². The number of ether oxygens (including phenoxy) is 2. The highest BCUT2D eigenvalue weighted by atomic mass is 32.1. The minimum atomic E-state index is -0.0936. The molecule has 0 saturated carbocycles. The van der Waals surface area contributed by atoms with E-state index in [1.807, 2.05) is 31.2 Å². The summed E-state index contributed by atoms with van der Waals surface area (Å²) in [6, 6.07) is 9.75. The van der Waals surface area contributed by atoms with Crippen molar-refractivity contribution in [3.8, 4) is 11.5 Å². The molecule has 1 N–H and O–H groups in total. The lowest BCUT2D eigenvalue weighted by Crippen LogP contribution is -2.40. The van der Waals surface area contributed by atoms with E-state index in [0.717, 1.165) is 18.8 Å². The summed E-state index contributed by atoms with van der Waals surface area (Å²) in [6.45, 7) is 5.40. The Morgan fingerprint density at radius 3 is 2.36 bits per heavy atom. The van der Waals surface area contributed by atoms with E-state index >= 15 is 0 Å². The third-order valence-corrected chi connectivity index (χ3v) is 5.71. The molecule has 1 aromatic heterocycles. The second-order valence-electron chi connectivity index (χ2n) is 7.02. The molecular weight excluding hydrogens is 372 g/mol. The van der Waals surface area contributed by atoms with Crippen LogP contribution in [-0.4, -0.2) is 43.7 Å². The average Bonchev–Trinajstić information content (AvgIpc) is 3.11. The molecule has 2 aromatic rings. The maximum atomic E-state index is 12.3. The van der Waals surface area contributed by atoms with Crippen LogP contribution in [0.15, 0.2) is 41.1 Å². The molecule has 1 fully saturated rings. The number of nitrogens with one attached hydrogen (secondary N) is 1. The van der Waals surface area contributed by atoms with Crippen LogP contribution < -0.4 is 14.8 Å². The molecule has 1 aliphatic heterocycles. The number of carbonyl (C=O) groups is 1. The highest BCUT2D eigenvalue weighted by Crippen LogP contribution is 2.25. The maximum Gasteiger partial charge on any atom is 0.258 e. The van der Waals surface area contributed by atoms with Crippen molar-refractivity contribution in [1.82, 2.24) is 10.2 Å². The third-order valence-electron chi connectivity index (χ3n) is 5.01. The fourth-order valence-electron chi connectivity index (χ4n) is 3.54. The number of nitrogens with zero attached hydrogens (tertiary/aromatic N) is 1. The van der Waals surface area contributed by atoms with Crippen LogP contribution in [0.25, 0.3) is 0 Å². The van der Waals surface area contributed by atoms with Crippen LogP contribution in [0.1, 0.15) is 44.2 Å². The van der Waals surface area contributed by atoms with Crippen molar-refractivity contribution < 1.29 is 14.3 Å². The molecule has 1 aromatic carbocycles. The van der Waals surface area contributed by atoms with Gasteiger partial charge in [0.05, 0.1) is 12.6 Å². The monoisotopic (exact) mass is 402 g/mol. The van der Waals surface area contributed by atoms with Gasteiger partial charge in [-0.3, -0.25) is 9.69 Å². The average molecular weight is 403 g/mol. The largest absolute Gasteiger partial charge is 0.494 e. The Kier molecular flexibility index (Phi) is 8.18. The van der Waals surface area contributed by atoms with Gasteiger partial charge in [0.15, 0.2) is 6.61 Å². The number of hydrogen-bond acceptors (Lipinski definition) is 5. The summed E-state index contributed by atoms with van der Waals surface area (Å²) in [5.74, 6) is 1.37. The van der Waals surface area contributed by atoms with Gasteiger partial charge in [-0.25, -0.2) is 0 Å². The minimum absolute atomic E-state index is 0.0182. The van der Waals surface area contributed by atoms with Crippen LogP contribution in [0.4, 0.5) is 0 Å². The molecule has 1 unspecified atom stereocenters. The lowest BCUT2D eigenvalue weighted by atomic mass is 10.1. The summed E-state index contributed by atoms with van der Waals surface area (Å²) in [7, 11) is 0. The third kappa shape index (κ3) is 6.24. The zero-order chi connectivity index (χ0) is 19.6. The first-order valence-electron chi connectivity index (χ1n) is 10.1. The molecule has 28 heavy (non-hydrogen) atoms. The lowest BCUT2D eigenvalue weighted by Gasteiger charge is -2.30. The van der Waals surface area contributed by atoms with Crippen molar-refractivity contribution in [3.05, 3.63) is 46.7 Å². The molecule has 0 radical (unpaired) electrons. The van der Waals surface area contributed by atoms with Gasteiger partial charge in [-0.15, -0.1) is 0 Å². The Balaban J connectivity index is 1.50. The second kappa shape index (κ2) is 11.1. The summed E-state index contributed by atoms with van der Waals surface area (Å²) in [5.41, 5.74) is 1.29. The second-order valence-corrected chi connectivity index (χ2v) is 7.80. The predicted molar refractivity (Wildman–Crippen MR) is 113 cm³/mol. The topological polar surface area (TPSA) is 50.8 Å². The Morgan fingerprint density at radius 2 is 1.75 bits per heavy atom. The van der Waals surface area contributed by atoms with E-state index < -0.39 is 0 Å². The summed E-state index contributed by atoms with van der Waals surface area (Å²) in [6.07, 6.45) is 5.06. The molecule has 1 atom stereocenters. The van der Waals surface area contributed by atoms with Crippen LogP contribution in [0.3, 0.4) is 0 Å². The number of benzene rings is 1. The van der Waals surface area contributed by atoms with Gasteiger partial charge < -0.3 is 14.8 Å². The molecule has 0 spiro atoms. The van der Waals surface area contributed by atoms with E-state index in [4.69, 9.17) is 9.47 Å². The number of likely N-dealkylation sites (tertiary alicyclic amines) is 1. The number of hydrogen-bond donors (Lipinski definition) is 1. The van der Waals surface area contributed by atoms with E-state index in [1.165, 1.54) is 31.2 Å². The molecule has 5 nitrogen and oxygen atoms in total. The first-order valence-corrected chi connectivity index (χ1v) is 11.1. The number of rotatable bonds is 9. The van der Waals surface area contributed by atoms with Crippen molar-refractivity contribution in [1.29, 1.82) is 0 Å². The predicted octanol–water partition coefficient (Wildman–Crippen LogP) is 4.26. The molecule has 1 aliphatic rings. The SMILES string of the molecule is CCOc1ccc(OCC(=O)NCC(c2ccsc2)N2CCCCCC2)cc1. The van der Waals surface area contributed by atoms with E-state index in [2.05, 4.69) is 27.0 Å². The highest BCUT2D eigenvalue weighted by molar-refractivity contribution is 7.07. The van der Waals surface area contributed by atoms with Gasteiger partial charge >= 0.3 is 0 Å². The Bertz CT molecular complexity index is 695. The van der Waals surface area contributed by atoms with Gasteiger partial charge in [0.2, 0.25) is 0 Å². The summed E-state index contributed by atoms with van der Waals surface area (Å²) >= 11 is 1.71. The summed E-state index contributed by atoms with van der Waals surface area (Å²) < 4.78 is 11.0. The highest BCUT2D eigenvalue weighted by Gasteiger charge is 2.22. The van der Waals surface area contributed by atoms with Gasteiger partial charge in [-0.05, 0) is 79.5 Å². The molecular formula is C22H30N2O3S. The standard InChI is InChI=1S/C22H30N2O3S/c1-2-26-19-7-9-20(10-8-19)27-16-22(25)23-15-21(18-11-14-28-17-18)24-12-5-3-4-6-13-24/h7-11,14,17,21H,2-6,12-13,15-16H2,1H3,(H,23,25). The lowest BCUT2D eigenvalue weighted by molar-refractivity contribution is -0.123. The quantitative estimate of drug-likeness (QED) is 0.681. The summed E-state index contributed by atoms with van der Waals surface area (Å²) in [5, 5.41) is 7.37. The maximum absolute atomic E-state index is 12.3. The van der Waals surface area contributed by atoms with Crippen molar-refractivity contribution in [2.45, 2.75) is 38.6 Å². The van der Waals surface area contributed by atoms with Crippen molar-refractivity contribution in [2.24, 2.45) is 0 Å². The van der Waals surface area contributed by atoms with Crippen LogP contribution in [-0.2, 0) is 4.79 Å². The number of thiophene rings is 1. The van der Waals surface area contributed by atoms with E-state index in [1.54, 1.807) is 11.3 Å². The van der Waals surface area contributed by atoms with Crippen LogP contribution in [0.5, 0.6) is 11.5 Å². The normalized spacial score (nSPS) is 16.2. The zero-order valence-corrected chi connectivity index (χ0v) is 17.4. The van der Waals surface area contributed by atoms with Gasteiger partial charge in [-0.2, -0.15) is 11.3 Å². The molecule has 1 amide bonds.